The molecule has 2 amide bonds. The smallest absolute Gasteiger partial charge is 0.323 e. The summed E-state index contributed by atoms with van der Waals surface area (Å²) in [6, 6.07) is 8.40. The highest BCUT2D eigenvalue weighted by molar-refractivity contribution is 8.14. The minimum absolute atomic E-state index is 0.176. The van der Waals surface area contributed by atoms with Crippen molar-refractivity contribution in [2.75, 3.05) is 6.54 Å². The third-order valence-electron chi connectivity index (χ3n) is 4.71. The van der Waals surface area contributed by atoms with Crippen LogP contribution in [0, 0.1) is 0 Å². The third kappa shape index (κ3) is 6.37. The lowest BCUT2D eigenvalue weighted by Crippen LogP contribution is -2.52. The number of carboxylic acids is 1. The highest BCUT2D eigenvalue weighted by Crippen LogP contribution is 2.21. The van der Waals surface area contributed by atoms with Crippen LogP contribution in [0.4, 0.5) is 0 Å². The molecule has 0 unspecified atom stereocenters. The number of hydrogen-bond donors (Lipinski definition) is 2. The first kappa shape index (κ1) is 21.9. The summed E-state index contributed by atoms with van der Waals surface area (Å²) in [6.07, 6.45) is 2.21. The third-order valence-corrected chi connectivity index (χ3v) is 5.71. The zero-order chi connectivity index (χ0) is 20.7. The predicted octanol–water partition coefficient (Wildman–Crippen LogP) is 1.85. The molecule has 1 aliphatic heterocycles. The van der Waals surface area contributed by atoms with Crippen molar-refractivity contribution in [2.45, 2.75) is 56.9 Å². The van der Waals surface area contributed by atoms with Crippen LogP contribution >= 0.6 is 11.8 Å². The molecule has 0 spiro atoms. The first-order valence-electron chi connectivity index (χ1n) is 9.31. The van der Waals surface area contributed by atoms with Crippen LogP contribution in [0.1, 0.15) is 38.7 Å². The molecule has 0 aromatic heterocycles. The number of carbonyl (C=O) groups excluding carboxylic acids is 3. The van der Waals surface area contributed by atoms with E-state index in [9.17, 15) is 19.2 Å². The molecule has 0 bridgehead atoms. The van der Waals surface area contributed by atoms with Crippen molar-refractivity contribution in [1.82, 2.24) is 10.2 Å². The number of nitrogens with one attached hydrogen (secondary N) is 1. The number of nitrogens with zero attached hydrogens (tertiary/aromatic N) is 1. The molecule has 1 saturated heterocycles. The standard InChI is InChI=1S/C20H26N2O5S/c1-13-7-6-10-16(20(27)22(13)12-18(24)25)21-19(26)17(28-14(2)23)11-15-8-4-3-5-9-15/h3-5,8-9,13,16-17H,6-7,10-12H2,1-2H3,(H,21,26)(H,24,25)/t13-,16-,17-/m1/s1. The molecule has 0 radical (unpaired) electrons. The van der Waals surface area contributed by atoms with Crippen molar-refractivity contribution < 1.29 is 24.3 Å². The van der Waals surface area contributed by atoms with Gasteiger partial charge < -0.3 is 15.3 Å². The summed E-state index contributed by atoms with van der Waals surface area (Å²) in [6.45, 7) is 2.83. The van der Waals surface area contributed by atoms with Gasteiger partial charge in [-0.05, 0) is 38.2 Å². The van der Waals surface area contributed by atoms with Crippen LogP contribution in [0.3, 0.4) is 0 Å². The highest BCUT2D eigenvalue weighted by atomic mass is 32.2. The minimum atomic E-state index is -1.08. The van der Waals surface area contributed by atoms with E-state index in [1.54, 1.807) is 0 Å². The predicted molar refractivity (Wildman–Crippen MR) is 107 cm³/mol. The first-order valence-corrected chi connectivity index (χ1v) is 10.2. The average molecular weight is 407 g/mol. The number of amides is 2. The van der Waals surface area contributed by atoms with Crippen molar-refractivity contribution in [3.05, 3.63) is 35.9 Å². The summed E-state index contributed by atoms with van der Waals surface area (Å²) in [5.74, 6) is -1.85. The van der Waals surface area contributed by atoms with Gasteiger partial charge in [-0.2, -0.15) is 0 Å². The summed E-state index contributed by atoms with van der Waals surface area (Å²) in [5, 5.41) is 11.0. The van der Waals surface area contributed by atoms with Crippen LogP contribution in [-0.4, -0.2) is 56.8 Å². The average Bonchev–Trinajstić information content (AvgIpc) is 2.75. The fraction of sp³-hybridized carbons (Fsp3) is 0.500. The van der Waals surface area contributed by atoms with Gasteiger partial charge in [0.2, 0.25) is 11.8 Å². The van der Waals surface area contributed by atoms with Gasteiger partial charge in [-0.3, -0.25) is 19.2 Å². The Hall–Kier alpha value is -2.35. The molecular weight excluding hydrogens is 380 g/mol. The molecule has 1 aliphatic rings. The number of aliphatic carboxylic acids is 1. The second-order valence-electron chi connectivity index (χ2n) is 6.99. The quantitative estimate of drug-likeness (QED) is 0.716. The fourth-order valence-electron chi connectivity index (χ4n) is 3.31. The SMILES string of the molecule is CC(=O)S[C@H](Cc1ccccc1)C(=O)N[C@@H]1CCC[C@@H](C)N(CC(=O)O)C1=O. The number of thioether (sulfide) groups is 1. The van der Waals surface area contributed by atoms with Crippen LogP contribution in [0.2, 0.25) is 0 Å². The largest absolute Gasteiger partial charge is 0.480 e. The van der Waals surface area contributed by atoms with E-state index < -0.39 is 17.3 Å². The number of carbonyl (C=O) groups is 4. The van der Waals surface area contributed by atoms with Gasteiger partial charge in [0.15, 0.2) is 5.12 Å². The Balaban J connectivity index is 2.12. The Kier molecular flexibility index (Phi) is 8.04. The van der Waals surface area contributed by atoms with Crippen molar-refractivity contribution in [2.24, 2.45) is 0 Å². The minimum Gasteiger partial charge on any atom is -0.480 e. The van der Waals surface area contributed by atoms with Gasteiger partial charge in [-0.15, -0.1) is 0 Å². The van der Waals surface area contributed by atoms with Crippen LogP contribution in [0.15, 0.2) is 30.3 Å². The van der Waals surface area contributed by atoms with Crippen LogP contribution in [-0.2, 0) is 25.6 Å². The molecule has 8 heteroatoms. The summed E-state index contributed by atoms with van der Waals surface area (Å²) >= 11 is 0.940. The molecule has 2 rings (SSSR count). The van der Waals surface area contributed by atoms with Gasteiger partial charge in [0.05, 0.1) is 5.25 Å². The van der Waals surface area contributed by atoms with Crippen LogP contribution in [0.25, 0.3) is 0 Å². The number of hydrogen-bond acceptors (Lipinski definition) is 5. The van der Waals surface area contributed by atoms with Crippen molar-refractivity contribution in [1.29, 1.82) is 0 Å². The maximum Gasteiger partial charge on any atom is 0.323 e. The van der Waals surface area contributed by atoms with E-state index in [1.807, 2.05) is 37.3 Å². The van der Waals surface area contributed by atoms with Gasteiger partial charge in [-0.25, -0.2) is 0 Å². The van der Waals surface area contributed by atoms with Crippen molar-refractivity contribution >= 4 is 34.7 Å². The Morgan fingerprint density at radius 1 is 1.25 bits per heavy atom. The Morgan fingerprint density at radius 2 is 1.93 bits per heavy atom. The topological polar surface area (TPSA) is 104 Å². The normalized spacial score (nSPS) is 20.9. The monoisotopic (exact) mass is 406 g/mol. The number of carboxylic acid groups (broad SMARTS) is 1. The lowest BCUT2D eigenvalue weighted by Gasteiger charge is -2.28. The molecule has 1 aromatic carbocycles. The molecule has 7 nitrogen and oxygen atoms in total. The molecule has 28 heavy (non-hydrogen) atoms. The van der Waals surface area contributed by atoms with Crippen molar-refractivity contribution in [3.8, 4) is 0 Å². The Labute approximate surface area is 168 Å². The van der Waals surface area contributed by atoms with Gasteiger partial charge in [-0.1, -0.05) is 42.1 Å². The van der Waals surface area contributed by atoms with E-state index in [-0.39, 0.29) is 29.5 Å². The molecule has 1 heterocycles. The number of likely N-dealkylation sites (tertiary alicyclic amines) is 1. The van der Waals surface area contributed by atoms with E-state index in [4.69, 9.17) is 5.11 Å². The summed E-state index contributed by atoms with van der Waals surface area (Å²) in [7, 11) is 0. The number of benzene rings is 1. The van der Waals surface area contributed by atoms with Gasteiger partial charge in [0.1, 0.15) is 12.6 Å². The fourth-order valence-corrected chi connectivity index (χ4v) is 4.16. The second-order valence-corrected chi connectivity index (χ2v) is 8.37. The molecule has 0 aliphatic carbocycles. The molecule has 2 N–H and O–H groups in total. The lowest BCUT2D eigenvalue weighted by atomic mass is 10.1. The maximum atomic E-state index is 12.8. The summed E-state index contributed by atoms with van der Waals surface area (Å²) in [5.41, 5.74) is 0.921. The van der Waals surface area contributed by atoms with E-state index in [0.29, 0.717) is 25.7 Å². The maximum absolute atomic E-state index is 12.8. The van der Waals surface area contributed by atoms with E-state index >= 15 is 0 Å². The molecule has 1 aromatic rings. The van der Waals surface area contributed by atoms with Crippen LogP contribution in [0.5, 0.6) is 0 Å². The number of rotatable bonds is 7. The van der Waals surface area contributed by atoms with E-state index in [0.717, 1.165) is 17.3 Å². The Morgan fingerprint density at radius 3 is 2.54 bits per heavy atom. The molecule has 1 fully saturated rings. The highest BCUT2D eigenvalue weighted by Gasteiger charge is 2.34. The zero-order valence-electron chi connectivity index (χ0n) is 16.1. The van der Waals surface area contributed by atoms with Gasteiger partial charge in [0.25, 0.3) is 0 Å². The Bertz CT molecular complexity index is 725. The van der Waals surface area contributed by atoms with E-state index in [2.05, 4.69) is 5.32 Å². The molecule has 152 valence electrons. The molecular formula is C20H26N2O5S. The molecule has 3 atom stereocenters. The van der Waals surface area contributed by atoms with Crippen molar-refractivity contribution in [3.63, 3.8) is 0 Å². The van der Waals surface area contributed by atoms with Gasteiger partial charge >= 0.3 is 5.97 Å². The van der Waals surface area contributed by atoms with E-state index in [1.165, 1.54) is 11.8 Å². The molecule has 0 saturated carbocycles. The first-order chi connectivity index (χ1) is 13.3. The van der Waals surface area contributed by atoms with Gasteiger partial charge in [0, 0.05) is 13.0 Å². The summed E-state index contributed by atoms with van der Waals surface area (Å²) < 4.78 is 0. The lowest BCUT2D eigenvalue weighted by molar-refractivity contribution is -0.147. The second kappa shape index (κ2) is 10.3. The van der Waals surface area contributed by atoms with Crippen LogP contribution < -0.4 is 5.32 Å². The summed E-state index contributed by atoms with van der Waals surface area (Å²) in [4.78, 5) is 49.7. The zero-order valence-corrected chi connectivity index (χ0v) is 16.9.